The van der Waals surface area contributed by atoms with Crippen LogP contribution in [-0.4, -0.2) is 51.5 Å². The van der Waals surface area contributed by atoms with Crippen LogP contribution in [0.5, 0.6) is 5.75 Å². The van der Waals surface area contributed by atoms with Crippen molar-refractivity contribution in [1.29, 1.82) is 5.41 Å². The lowest BCUT2D eigenvalue weighted by Crippen LogP contribution is -2.46. The highest BCUT2D eigenvalue weighted by Crippen LogP contribution is 2.35. The Hall–Kier alpha value is -4.47. The van der Waals surface area contributed by atoms with Crippen LogP contribution < -0.4 is 38.3 Å². The smallest absolute Gasteiger partial charge is 0.403 e. The lowest BCUT2D eigenvalue weighted by Gasteiger charge is -2.22. The molecule has 0 spiro atoms. The van der Waals surface area contributed by atoms with Crippen molar-refractivity contribution < 1.29 is 22.3 Å². The summed E-state index contributed by atoms with van der Waals surface area (Å²) in [6.45, 7) is 4.70. The SMILES string of the molecule is C[C@H](N)CCCc1cc(OC(F)(F)F)c(F)c(-c2cc3cn(-c4ccc(CN[C@H](C)C[C@H](CN)NC(=N)N)cc4)c(=O)nc3[nH]2)c1. The molecule has 0 bridgehead atoms. The normalized spacial score (nSPS) is 13.8. The molecule has 10 N–H and O–H groups in total. The number of halogens is 4. The molecule has 4 aromatic rings. The zero-order chi connectivity index (χ0) is 33.6. The lowest BCUT2D eigenvalue weighted by atomic mass is 10.0. The second kappa shape index (κ2) is 14.7. The number of H-pyrrole nitrogens is 1. The van der Waals surface area contributed by atoms with Crippen molar-refractivity contribution in [3.05, 3.63) is 76.1 Å². The Morgan fingerprint density at radius 1 is 1.15 bits per heavy atom. The van der Waals surface area contributed by atoms with Gasteiger partial charge in [-0.2, -0.15) is 4.98 Å². The van der Waals surface area contributed by atoms with E-state index in [-0.39, 0.29) is 41.0 Å². The van der Waals surface area contributed by atoms with Crippen LogP contribution in [0.3, 0.4) is 0 Å². The van der Waals surface area contributed by atoms with Gasteiger partial charge in [0, 0.05) is 48.4 Å². The number of aryl methyl sites for hydroxylation is 1. The number of rotatable bonds is 14. The summed E-state index contributed by atoms with van der Waals surface area (Å²) in [5.41, 5.74) is 18.4. The van der Waals surface area contributed by atoms with E-state index in [2.05, 4.69) is 25.3 Å². The summed E-state index contributed by atoms with van der Waals surface area (Å²) in [4.78, 5) is 19.9. The molecule has 3 atom stereocenters. The molecule has 0 radical (unpaired) electrons. The van der Waals surface area contributed by atoms with E-state index < -0.39 is 23.6 Å². The van der Waals surface area contributed by atoms with Crippen molar-refractivity contribution in [1.82, 2.24) is 25.2 Å². The first-order valence-corrected chi connectivity index (χ1v) is 14.8. The Kier molecular flexibility index (Phi) is 11.0. The Morgan fingerprint density at radius 2 is 1.87 bits per heavy atom. The predicted octanol–water partition coefficient (Wildman–Crippen LogP) is 3.77. The summed E-state index contributed by atoms with van der Waals surface area (Å²) in [6, 6.07) is 11.1. The van der Waals surface area contributed by atoms with E-state index in [0.29, 0.717) is 55.4 Å². The number of nitrogens with zero attached hydrogens (tertiary/aromatic N) is 2. The van der Waals surface area contributed by atoms with E-state index in [1.54, 1.807) is 12.1 Å². The summed E-state index contributed by atoms with van der Waals surface area (Å²) in [7, 11) is 0. The number of alkyl halides is 3. The Bertz CT molecular complexity index is 1700. The maximum Gasteiger partial charge on any atom is 0.573 e. The number of hydrogen-bond acceptors (Lipinski definition) is 7. The van der Waals surface area contributed by atoms with Crippen molar-refractivity contribution in [2.24, 2.45) is 17.2 Å². The second-order valence-electron chi connectivity index (χ2n) is 11.4. The van der Waals surface area contributed by atoms with Gasteiger partial charge in [0.15, 0.2) is 17.5 Å². The van der Waals surface area contributed by atoms with E-state index in [0.717, 1.165) is 11.6 Å². The van der Waals surface area contributed by atoms with Gasteiger partial charge in [0.2, 0.25) is 0 Å². The molecule has 15 heteroatoms. The van der Waals surface area contributed by atoms with E-state index in [1.807, 2.05) is 26.0 Å². The van der Waals surface area contributed by atoms with Crippen LogP contribution in [0.4, 0.5) is 17.6 Å². The van der Waals surface area contributed by atoms with Crippen LogP contribution in [-0.2, 0) is 13.0 Å². The number of fused-ring (bicyclic) bond motifs is 1. The van der Waals surface area contributed by atoms with Crippen molar-refractivity contribution in [3.63, 3.8) is 0 Å². The number of aromatic amines is 1. The van der Waals surface area contributed by atoms with Crippen LogP contribution in [0.15, 0.2) is 53.5 Å². The number of nitrogens with two attached hydrogens (primary N) is 3. The Labute approximate surface area is 263 Å². The third-order valence-electron chi connectivity index (χ3n) is 7.40. The minimum Gasteiger partial charge on any atom is -0.403 e. The van der Waals surface area contributed by atoms with Crippen molar-refractivity contribution >= 4 is 17.0 Å². The second-order valence-corrected chi connectivity index (χ2v) is 11.4. The largest absolute Gasteiger partial charge is 0.573 e. The molecular weight excluding hydrogens is 606 g/mol. The Morgan fingerprint density at radius 3 is 2.50 bits per heavy atom. The molecule has 11 nitrogen and oxygen atoms in total. The van der Waals surface area contributed by atoms with E-state index >= 15 is 4.39 Å². The zero-order valence-electron chi connectivity index (χ0n) is 25.5. The quantitative estimate of drug-likeness (QED) is 0.0614. The van der Waals surface area contributed by atoms with Crippen LogP contribution in [0.25, 0.3) is 28.0 Å². The molecule has 0 unspecified atom stereocenters. The maximum absolute atomic E-state index is 15.4. The number of benzene rings is 2. The predicted molar refractivity (Wildman–Crippen MR) is 169 cm³/mol. The fourth-order valence-corrected chi connectivity index (χ4v) is 5.16. The molecule has 0 aliphatic heterocycles. The molecule has 0 fully saturated rings. The first-order valence-electron chi connectivity index (χ1n) is 14.8. The molecule has 2 aromatic heterocycles. The molecule has 248 valence electrons. The van der Waals surface area contributed by atoms with E-state index in [1.165, 1.54) is 22.9 Å². The fourth-order valence-electron chi connectivity index (χ4n) is 5.16. The average molecular weight is 646 g/mol. The molecule has 46 heavy (non-hydrogen) atoms. The molecule has 2 heterocycles. The average Bonchev–Trinajstić information content (AvgIpc) is 3.38. The summed E-state index contributed by atoms with van der Waals surface area (Å²) in [5.74, 6) is -2.27. The van der Waals surface area contributed by atoms with Gasteiger partial charge in [0.25, 0.3) is 0 Å². The van der Waals surface area contributed by atoms with Gasteiger partial charge >= 0.3 is 12.1 Å². The number of ether oxygens (including phenoxy) is 1. The number of aromatic nitrogens is 3. The van der Waals surface area contributed by atoms with Crippen LogP contribution in [0.1, 0.15) is 44.2 Å². The number of nitrogens with one attached hydrogen (secondary N) is 4. The summed E-state index contributed by atoms with van der Waals surface area (Å²) in [5, 5.41) is 14.0. The Balaban J connectivity index is 1.56. The highest BCUT2D eigenvalue weighted by molar-refractivity contribution is 5.83. The summed E-state index contributed by atoms with van der Waals surface area (Å²) >= 11 is 0. The highest BCUT2D eigenvalue weighted by atomic mass is 19.4. The van der Waals surface area contributed by atoms with Gasteiger partial charge in [-0.3, -0.25) is 9.98 Å². The van der Waals surface area contributed by atoms with E-state index in [9.17, 15) is 18.0 Å². The standard InChI is InChI=1S/C31H39F4N9O2/c1-17(37)4-3-5-20-11-24(27(32)26(12-20)46-31(33,34)35)25-13-21-16-44(30(45)43-28(21)42-25)23-8-6-19(7-9-23)15-40-18(2)10-22(14-36)41-29(38)39/h6-9,11-13,16-18,22,40H,3-5,10,14-15,36-37H2,1-2H3,(H4,38,39,41)(H,42,43,45)/t17-,18+,22+/m0/s1. The van der Waals surface area contributed by atoms with Crippen LogP contribution in [0.2, 0.25) is 0 Å². The maximum atomic E-state index is 15.4. The van der Waals surface area contributed by atoms with Gasteiger partial charge in [-0.1, -0.05) is 12.1 Å². The molecular formula is C31H39F4N9O2. The molecule has 0 saturated heterocycles. The molecule has 0 saturated carbocycles. The van der Waals surface area contributed by atoms with Crippen molar-refractivity contribution in [2.45, 2.75) is 70.6 Å². The van der Waals surface area contributed by atoms with Gasteiger partial charge in [0.05, 0.1) is 11.4 Å². The van der Waals surface area contributed by atoms with Crippen LogP contribution in [0, 0.1) is 11.2 Å². The van der Waals surface area contributed by atoms with E-state index in [4.69, 9.17) is 22.6 Å². The molecule has 0 aliphatic rings. The fraction of sp³-hybridized carbons (Fsp3) is 0.387. The highest BCUT2D eigenvalue weighted by Gasteiger charge is 2.33. The van der Waals surface area contributed by atoms with Crippen LogP contribution >= 0.6 is 0 Å². The van der Waals surface area contributed by atoms with Gasteiger partial charge in [-0.15, -0.1) is 13.2 Å². The molecule has 2 aromatic carbocycles. The van der Waals surface area contributed by atoms with Gasteiger partial charge in [-0.25, -0.2) is 9.18 Å². The van der Waals surface area contributed by atoms with Crippen molar-refractivity contribution in [3.8, 4) is 22.7 Å². The molecule has 0 amide bonds. The van der Waals surface area contributed by atoms with Gasteiger partial charge < -0.3 is 37.6 Å². The first kappa shape index (κ1) is 34.4. The number of guanidine groups is 1. The molecule has 0 aliphatic carbocycles. The zero-order valence-corrected chi connectivity index (χ0v) is 25.5. The van der Waals surface area contributed by atoms with Gasteiger partial charge in [0.1, 0.15) is 5.65 Å². The summed E-state index contributed by atoms with van der Waals surface area (Å²) in [6.07, 6.45) is -1.31. The summed E-state index contributed by atoms with van der Waals surface area (Å²) < 4.78 is 59.9. The molecule has 4 rings (SSSR count). The minimum atomic E-state index is -5.08. The number of hydrogen-bond donors (Lipinski definition) is 7. The third kappa shape index (κ3) is 9.28. The monoisotopic (exact) mass is 645 g/mol. The topological polar surface area (TPSA) is 186 Å². The van der Waals surface area contributed by atoms with Gasteiger partial charge in [-0.05, 0) is 81.0 Å². The minimum absolute atomic E-state index is 0.0772. The lowest BCUT2D eigenvalue weighted by molar-refractivity contribution is -0.275. The first-order chi connectivity index (χ1) is 21.7. The third-order valence-corrected chi connectivity index (χ3v) is 7.40. The van der Waals surface area contributed by atoms with Crippen molar-refractivity contribution in [2.75, 3.05) is 6.54 Å².